The molecule has 1 aliphatic rings. The standard InChI is InChI=1S/C18H25FN2O2/c1-3-9-20(10-4-2)18(23)15-11-17(22)21(13-15)12-14-5-7-16(19)8-6-14/h5-8,15H,3-4,9-13H2,1-2H3. The van der Waals surface area contributed by atoms with Crippen LogP contribution in [-0.2, 0) is 16.1 Å². The summed E-state index contributed by atoms with van der Waals surface area (Å²) in [7, 11) is 0. The Hall–Kier alpha value is -1.91. The van der Waals surface area contributed by atoms with Gasteiger partial charge in [-0.15, -0.1) is 0 Å². The van der Waals surface area contributed by atoms with E-state index >= 15 is 0 Å². The van der Waals surface area contributed by atoms with Crippen LogP contribution in [0.4, 0.5) is 4.39 Å². The molecule has 0 aliphatic carbocycles. The van der Waals surface area contributed by atoms with Crippen LogP contribution < -0.4 is 0 Å². The number of carbonyl (C=O) groups is 2. The molecule has 1 aliphatic heterocycles. The lowest BCUT2D eigenvalue weighted by Crippen LogP contribution is -2.38. The van der Waals surface area contributed by atoms with Gasteiger partial charge in [-0.2, -0.15) is 0 Å². The van der Waals surface area contributed by atoms with Crippen molar-refractivity contribution in [3.8, 4) is 0 Å². The van der Waals surface area contributed by atoms with Gasteiger partial charge >= 0.3 is 0 Å². The van der Waals surface area contributed by atoms with Crippen molar-refractivity contribution in [3.63, 3.8) is 0 Å². The smallest absolute Gasteiger partial charge is 0.227 e. The maximum absolute atomic E-state index is 12.9. The van der Waals surface area contributed by atoms with E-state index in [4.69, 9.17) is 0 Å². The highest BCUT2D eigenvalue weighted by molar-refractivity contribution is 5.89. The van der Waals surface area contributed by atoms with Gasteiger partial charge in [0.15, 0.2) is 0 Å². The van der Waals surface area contributed by atoms with Crippen molar-refractivity contribution < 1.29 is 14.0 Å². The lowest BCUT2D eigenvalue weighted by atomic mass is 10.1. The average Bonchev–Trinajstić information content (AvgIpc) is 2.89. The molecule has 1 saturated heterocycles. The Morgan fingerprint density at radius 2 is 1.83 bits per heavy atom. The van der Waals surface area contributed by atoms with Gasteiger partial charge in [0.25, 0.3) is 0 Å². The van der Waals surface area contributed by atoms with E-state index in [0.29, 0.717) is 13.1 Å². The molecule has 2 amide bonds. The third kappa shape index (κ3) is 4.53. The summed E-state index contributed by atoms with van der Waals surface area (Å²) in [5.41, 5.74) is 0.881. The zero-order valence-corrected chi connectivity index (χ0v) is 13.9. The van der Waals surface area contributed by atoms with E-state index in [0.717, 1.165) is 31.5 Å². The molecule has 0 saturated carbocycles. The summed E-state index contributed by atoms with van der Waals surface area (Å²) in [6, 6.07) is 6.14. The minimum Gasteiger partial charge on any atom is -0.342 e. The minimum absolute atomic E-state index is 0.000576. The molecule has 0 N–H and O–H groups in total. The van der Waals surface area contributed by atoms with Gasteiger partial charge < -0.3 is 9.80 Å². The first kappa shape index (κ1) is 17.4. The van der Waals surface area contributed by atoms with Gasteiger partial charge in [-0.05, 0) is 30.5 Å². The molecule has 1 atom stereocenters. The average molecular weight is 320 g/mol. The fourth-order valence-corrected chi connectivity index (χ4v) is 3.03. The molecule has 1 fully saturated rings. The molecular formula is C18H25FN2O2. The summed E-state index contributed by atoms with van der Waals surface area (Å²) in [4.78, 5) is 28.4. The highest BCUT2D eigenvalue weighted by Gasteiger charge is 2.36. The number of amides is 2. The van der Waals surface area contributed by atoms with E-state index in [1.165, 1.54) is 12.1 Å². The Morgan fingerprint density at radius 3 is 2.39 bits per heavy atom. The topological polar surface area (TPSA) is 40.6 Å². The van der Waals surface area contributed by atoms with E-state index < -0.39 is 0 Å². The van der Waals surface area contributed by atoms with Crippen LogP contribution in [0.2, 0.25) is 0 Å². The Morgan fingerprint density at radius 1 is 1.22 bits per heavy atom. The van der Waals surface area contributed by atoms with Crippen LogP contribution in [0, 0.1) is 11.7 Å². The molecule has 126 valence electrons. The third-order valence-corrected chi connectivity index (χ3v) is 4.15. The Bertz CT molecular complexity index is 538. The summed E-state index contributed by atoms with van der Waals surface area (Å²) in [5.74, 6) is -0.449. The van der Waals surface area contributed by atoms with E-state index in [-0.39, 0.29) is 30.0 Å². The second-order valence-electron chi connectivity index (χ2n) is 6.13. The fraction of sp³-hybridized carbons (Fsp3) is 0.556. The monoisotopic (exact) mass is 320 g/mol. The molecular weight excluding hydrogens is 295 g/mol. The Labute approximate surface area is 137 Å². The first-order chi connectivity index (χ1) is 11.0. The number of likely N-dealkylation sites (tertiary alicyclic amines) is 1. The van der Waals surface area contributed by atoms with E-state index in [2.05, 4.69) is 13.8 Å². The molecule has 4 nitrogen and oxygen atoms in total. The van der Waals surface area contributed by atoms with Crippen LogP contribution in [0.5, 0.6) is 0 Å². The van der Waals surface area contributed by atoms with Crippen LogP contribution >= 0.6 is 0 Å². The quantitative estimate of drug-likeness (QED) is 0.775. The van der Waals surface area contributed by atoms with Crippen LogP contribution in [0.25, 0.3) is 0 Å². The fourth-order valence-electron chi connectivity index (χ4n) is 3.03. The van der Waals surface area contributed by atoms with Gasteiger partial charge in [-0.25, -0.2) is 4.39 Å². The summed E-state index contributed by atoms with van der Waals surface area (Å²) in [6.07, 6.45) is 2.13. The van der Waals surface area contributed by atoms with Gasteiger partial charge in [-0.1, -0.05) is 26.0 Å². The number of halogens is 1. The van der Waals surface area contributed by atoms with E-state index in [9.17, 15) is 14.0 Å². The van der Waals surface area contributed by atoms with Crippen molar-refractivity contribution >= 4 is 11.8 Å². The van der Waals surface area contributed by atoms with Crippen molar-refractivity contribution in [2.24, 2.45) is 5.92 Å². The lowest BCUT2D eigenvalue weighted by Gasteiger charge is -2.24. The lowest BCUT2D eigenvalue weighted by molar-refractivity contribution is -0.136. The summed E-state index contributed by atoms with van der Waals surface area (Å²) in [6.45, 7) is 6.49. The molecule has 2 rings (SSSR count). The molecule has 0 aromatic heterocycles. The summed E-state index contributed by atoms with van der Waals surface area (Å²) < 4.78 is 12.9. The molecule has 5 heteroatoms. The molecule has 23 heavy (non-hydrogen) atoms. The number of hydrogen-bond acceptors (Lipinski definition) is 2. The normalized spacial score (nSPS) is 17.6. The maximum Gasteiger partial charge on any atom is 0.227 e. The molecule has 1 aromatic carbocycles. The van der Waals surface area contributed by atoms with Crippen LogP contribution in [0.15, 0.2) is 24.3 Å². The zero-order chi connectivity index (χ0) is 16.8. The molecule has 1 aromatic rings. The second kappa shape index (κ2) is 8.09. The van der Waals surface area contributed by atoms with Crippen molar-refractivity contribution in [1.82, 2.24) is 9.80 Å². The highest BCUT2D eigenvalue weighted by atomic mass is 19.1. The summed E-state index contributed by atoms with van der Waals surface area (Å²) >= 11 is 0. The molecule has 0 spiro atoms. The molecule has 0 radical (unpaired) electrons. The van der Waals surface area contributed by atoms with Crippen LogP contribution in [0.1, 0.15) is 38.7 Å². The number of hydrogen-bond donors (Lipinski definition) is 0. The number of rotatable bonds is 7. The second-order valence-corrected chi connectivity index (χ2v) is 6.13. The maximum atomic E-state index is 12.9. The van der Waals surface area contributed by atoms with E-state index in [1.54, 1.807) is 17.0 Å². The number of nitrogens with zero attached hydrogens (tertiary/aromatic N) is 2. The van der Waals surface area contributed by atoms with Crippen LogP contribution in [-0.4, -0.2) is 41.2 Å². The Balaban J connectivity index is 1.98. The predicted molar refractivity (Wildman–Crippen MR) is 87.1 cm³/mol. The zero-order valence-electron chi connectivity index (χ0n) is 13.9. The van der Waals surface area contributed by atoms with Gasteiger partial charge in [0.2, 0.25) is 11.8 Å². The first-order valence-corrected chi connectivity index (χ1v) is 8.36. The van der Waals surface area contributed by atoms with Crippen LogP contribution in [0.3, 0.4) is 0 Å². The van der Waals surface area contributed by atoms with Gasteiger partial charge in [0.05, 0.1) is 5.92 Å². The third-order valence-electron chi connectivity index (χ3n) is 4.15. The molecule has 0 bridgehead atoms. The predicted octanol–water partition coefficient (Wildman–Crippen LogP) is 2.82. The highest BCUT2D eigenvalue weighted by Crippen LogP contribution is 2.22. The molecule has 1 heterocycles. The van der Waals surface area contributed by atoms with Crippen molar-refractivity contribution in [3.05, 3.63) is 35.6 Å². The first-order valence-electron chi connectivity index (χ1n) is 8.36. The van der Waals surface area contributed by atoms with Crippen molar-refractivity contribution in [1.29, 1.82) is 0 Å². The van der Waals surface area contributed by atoms with Gasteiger partial charge in [0.1, 0.15) is 5.82 Å². The molecule has 1 unspecified atom stereocenters. The summed E-state index contributed by atoms with van der Waals surface area (Å²) in [5, 5.41) is 0. The van der Waals surface area contributed by atoms with Crippen molar-refractivity contribution in [2.45, 2.75) is 39.7 Å². The van der Waals surface area contributed by atoms with Crippen molar-refractivity contribution in [2.75, 3.05) is 19.6 Å². The van der Waals surface area contributed by atoms with E-state index in [1.807, 2.05) is 4.90 Å². The number of benzene rings is 1. The largest absolute Gasteiger partial charge is 0.342 e. The number of carbonyl (C=O) groups excluding carboxylic acids is 2. The van der Waals surface area contributed by atoms with Gasteiger partial charge in [-0.3, -0.25) is 9.59 Å². The Kier molecular flexibility index (Phi) is 6.13. The SMILES string of the molecule is CCCN(CCC)C(=O)C1CC(=O)N(Cc2ccc(F)cc2)C1. The van der Waals surface area contributed by atoms with Gasteiger partial charge in [0, 0.05) is 32.6 Å². The minimum atomic E-state index is -0.288.